The molecule has 18 heavy (non-hydrogen) atoms. The Morgan fingerprint density at radius 2 is 1.78 bits per heavy atom. The maximum absolute atomic E-state index is 12.4. The van der Waals surface area contributed by atoms with Crippen LogP contribution in [0.2, 0.25) is 0 Å². The van der Waals surface area contributed by atoms with Crippen molar-refractivity contribution in [1.29, 1.82) is 0 Å². The zero-order valence-corrected chi connectivity index (χ0v) is 12.2. The van der Waals surface area contributed by atoms with E-state index in [1.165, 1.54) is 0 Å². The molecular formula is C14H29N3O. The topological polar surface area (TPSA) is 49.6 Å². The molecular weight excluding hydrogens is 226 g/mol. The minimum absolute atomic E-state index is 0.0132. The number of hydrogen-bond acceptors (Lipinski definition) is 3. The van der Waals surface area contributed by atoms with Gasteiger partial charge >= 0.3 is 0 Å². The van der Waals surface area contributed by atoms with Crippen molar-refractivity contribution in [2.24, 2.45) is 5.73 Å². The SMILES string of the molecule is CCCN(CCC)C(C)C(=O)N1CCC(N)CC1. The second kappa shape index (κ2) is 7.74. The fraction of sp³-hybridized carbons (Fsp3) is 0.929. The summed E-state index contributed by atoms with van der Waals surface area (Å²) in [7, 11) is 0. The molecule has 1 heterocycles. The molecule has 0 radical (unpaired) electrons. The molecule has 0 aromatic heterocycles. The van der Waals surface area contributed by atoms with E-state index in [1.807, 2.05) is 11.8 Å². The van der Waals surface area contributed by atoms with Gasteiger partial charge in [-0.15, -0.1) is 0 Å². The zero-order chi connectivity index (χ0) is 13.5. The number of nitrogens with two attached hydrogens (primary N) is 1. The molecule has 1 aliphatic heterocycles. The highest BCUT2D eigenvalue weighted by molar-refractivity contribution is 5.81. The van der Waals surface area contributed by atoms with Crippen LogP contribution in [-0.4, -0.2) is 54.0 Å². The molecule has 2 N–H and O–H groups in total. The predicted molar refractivity (Wildman–Crippen MR) is 75.4 cm³/mol. The van der Waals surface area contributed by atoms with E-state index in [0.717, 1.165) is 51.9 Å². The fourth-order valence-electron chi connectivity index (χ4n) is 2.61. The van der Waals surface area contributed by atoms with E-state index in [-0.39, 0.29) is 18.0 Å². The fourth-order valence-corrected chi connectivity index (χ4v) is 2.61. The Morgan fingerprint density at radius 1 is 1.28 bits per heavy atom. The molecule has 1 rings (SSSR count). The van der Waals surface area contributed by atoms with Crippen molar-refractivity contribution in [2.75, 3.05) is 26.2 Å². The summed E-state index contributed by atoms with van der Waals surface area (Å²) in [6.45, 7) is 10.1. The second-order valence-corrected chi connectivity index (χ2v) is 5.37. The minimum atomic E-state index is 0.0132. The van der Waals surface area contributed by atoms with Gasteiger partial charge in [0, 0.05) is 19.1 Å². The van der Waals surface area contributed by atoms with E-state index in [9.17, 15) is 4.79 Å². The van der Waals surface area contributed by atoms with Gasteiger partial charge in [-0.2, -0.15) is 0 Å². The number of carbonyl (C=O) groups is 1. The number of rotatable bonds is 6. The van der Waals surface area contributed by atoms with Crippen molar-refractivity contribution in [3.05, 3.63) is 0 Å². The van der Waals surface area contributed by atoms with Crippen LogP contribution in [-0.2, 0) is 4.79 Å². The largest absolute Gasteiger partial charge is 0.341 e. The Hall–Kier alpha value is -0.610. The van der Waals surface area contributed by atoms with Crippen LogP contribution >= 0.6 is 0 Å². The summed E-state index contributed by atoms with van der Waals surface area (Å²) in [4.78, 5) is 16.7. The lowest BCUT2D eigenvalue weighted by molar-refractivity contribution is -0.137. The highest BCUT2D eigenvalue weighted by Gasteiger charge is 2.27. The van der Waals surface area contributed by atoms with Gasteiger partial charge in [0.25, 0.3) is 0 Å². The van der Waals surface area contributed by atoms with Crippen LogP contribution in [0.4, 0.5) is 0 Å². The molecule has 1 aliphatic rings. The Balaban J connectivity index is 2.52. The van der Waals surface area contributed by atoms with Crippen LogP contribution in [0.5, 0.6) is 0 Å². The van der Waals surface area contributed by atoms with Crippen molar-refractivity contribution in [2.45, 2.75) is 58.5 Å². The number of piperidine rings is 1. The molecule has 0 aromatic rings. The minimum Gasteiger partial charge on any atom is -0.341 e. The summed E-state index contributed by atoms with van der Waals surface area (Å²) < 4.78 is 0. The van der Waals surface area contributed by atoms with E-state index < -0.39 is 0 Å². The molecule has 4 nitrogen and oxygen atoms in total. The van der Waals surface area contributed by atoms with E-state index >= 15 is 0 Å². The molecule has 1 amide bonds. The number of likely N-dealkylation sites (tertiary alicyclic amines) is 1. The Bertz CT molecular complexity index is 243. The van der Waals surface area contributed by atoms with Gasteiger partial charge in [0.05, 0.1) is 6.04 Å². The van der Waals surface area contributed by atoms with Crippen LogP contribution in [0.15, 0.2) is 0 Å². The van der Waals surface area contributed by atoms with Crippen LogP contribution in [0.1, 0.15) is 46.5 Å². The summed E-state index contributed by atoms with van der Waals surface area (Å²) in [5.41, 5.74) is 5.88. The molecule has 0 aromatic carbocycles. The van der Waals surface area contributed by atoms with E-state index in [1.54, 1.807) is 0 Å². The average molecular weight is 255 g/mol. The molecule has 0 spiro atoms. The van der Waals surface area contributed by atoms with Gasteiger partial charge in [-0.05, 0) is 45.7 Å². The molecule has 4 heteroatoms. The lowest BCUT2D eigenvalue weighted by atomic mass is 10.1. The zero-order valence-electron chi connectivity index (χ0n) is 12.2. The van der Waals surface area contributed by atoms with Crippen LogP contribution < -0.4 is 5.73 Å². The molecule has 1 saturated heterocycles. The van der Waals surface area contributed by atoms with Gasteiger partial charge in [0.2, 0.25) is 5.91 Å². The van der Waals surface area contributed by atoms with Crippen LogP contribution in [0.25, 0.3) is 0 Å². The summed E-state index contributed by atoms with van der Waals surface area (Å²) in [5, 5.41) is 0. The Morgan fingerprint density at radius 3 is 2.22 bits per heavy atom. The standard InChI is InChI=1S/C14H29N3O/c1-4-8-16(9-5-2)12(3)14(18)17-10-6-13(15)7-11-17/h12-13H,4-11,15H2,1-3H3. The van der Waals surface area contributed by atoms with Crippen molar-refractivity contribution < 1.29 is 4.79 Å². The summed E-state index contributed by atoms with van der Waals surface area (Å²) in [6, 6.07) is 0.297. The molecule has 1 atom stereocenters. The van der Waals surface area contributed by atoms with Gasteiger partial charge in [-0.3, -0.25) is 9.69 Å². The quantitative estimate of drug-likeness (QED) is 0.781. The summed E-state index contributed by atoms with van der Waals surface area (Å²) >= 11 is 0. The first-order valence-electron chi connectivity index (χ1n) is 7.38. The van der Waals surface area contributed by atoms with Crippen LogP contribution in [0, 0.1) is 0 Å². The number of carbonyl (C=O) groups excluding carboxylic acids is 1. The first-order chi connectivity index (χ1) is 8.60. The summed E-state index contributed by atoms with van der Waals surface area (Å²) in [5.74, 6) is 0.281. The van der Waals surface area contributed by atoms with E-state index in [2.05, 4.69) is 18.7 Å². The van der Waals surface area contributed by atoms with Gasteiger partial charge < -0.3 is 10.6 Å². The molecule has 106 valence electrons. The van der Waals surface area contributed by atoms with Gasteiger partial charge in [0.15, 0.2) is 0 Å². The van der Waals surface area contributed by atoms with Crippen molar-refractivity contribution >= 4 is 5.91 Å². The number of amides is 1. The summed E-state index contributed by atoms with van der Waals surface area (Å²) in [6.07, 6.45) is 4.09. The lowest BCUT2D eigenvalue weighted by Gasteiger charge is -2.35. The first kappa shape index (κ1) is 15.4. The lowest BCUT2D eigenvalue weighted by Crippen LogP contribution is -2.51. The van der Waals surface area contributed by atoms with Crippen molar-refractivity contribution in [3.8, 4) is 0 Å². The Labute approximate surface area is 111 Å². The van der Waals surface area contributed by atoms with E-state index in [0.29, 0.717) is 0 Å². The maximum atomic E-state index is 12.4. The maximum Gasteiger partial charge on any atom is 0.239 e. The highest BCUT2D eigenvalue weighted by atomic mass is 16.2. The van der Waals surface area contributed by atoms with Crippen molar-refractivity contribution in [1.82, 2.24) is 9.80 Å². The predicted octanol–water partition coefficient (Wildman–Crippen LogP) is 1.45. The molecule has 1 unspecified atom stereocenters. The highest BCUT2D eigenvalue weighted by Crippen LogP contribution is 2.12. The number of nitrogens with zero attached hydrogens (tertiary/aromatic N) is 2. The Kier molecular flexibility index (Phi) is 6.65. The third kappa shape index (κ3) is 4.25. The molecule has 0 aliphatic carbocycles. The monoisotopic (exact) mass is 255 g/mol. The number of hydrogen-bond donors (Lipinski definition) is 1. The van der Waals surface area contributed by atoms with Crippen molar-refractivity contribution in [3.63, 3.8) is 0 Å². The average Bonchev–Trinajstić information content (AvgIpc) is 2.38. The van der Waals surface area contributed by atoms with Gasteiger partial charge in [-0.25, -0.2) is 0 Å². The first-order valence-corrected chi connectivity index (χ1v) is 7.38. The smallest absolute Gasteiger partial charge is 0.239 e. The molecule has 0 saturated carbocycles. The molecule has 0 bridgehead atoms. The van der Waals surface area contributed by atoms with Gasteiger partial charge in [0.1, 0.15) is 0 Å². The van der Waals surface area contributed by atoms with E-state index in [4.69, 9.17) is 5.73 Å². The normalized spacial score (nSPS) is 19.3. The second-order valence-electron chi connectivity index (χ2n) is 5.37. The third-order valence-electron chi connectivity index (χ3n) is 3.78. The van der Waals surface area contributed by atoms with Crippen LogP contribution in [0.3, 0.4) is 0 Å². The van der Waals surface area contributed by atoms with Gasteiger partial charge in [-0.1, -0.05) is 13.8 Å². The molecule has 1 fully saturated rings. The third-order valence-corrected chi connectivity index (χ3v) is 3.78.